The predicted octanol–water partition coefficient (Wildman–Crippen LogP) is 1.69. The Hall–Kier alpha value is -3.11. The van der Waals surface area contributed by atoms with Crippen molar-refractivity contribution in [1.82, 2.24) is 20.0 Å². The van der Waals surface area contributed by atoms with Gasteiger partial charge >= 0.3 is 5.97 Å². The fraction of sp³-hybridized carbons (Fsp3) is 0.333. The number of hydrogen-bond acceptors (Lipinski definition) is 7. The number of amides is 2. The Morgan fingerprint density at radius 1 is 1.19 bits per heavy atom. The number of carbonyl (C=O) groups excluding carboxylic acids is 2. The molecule has 1 aromatic carbocycles. The number of benzene rings is 1. The third kappa shape index (κ3) is 7.26. The molecule has 9 nitrogen and oxygen atoms in total. The maximum atomic E-state index is 12.4. The molecule has 4 N–H and O–H groups in total. The molecule has 1 aliphatic heterocycles. The number of anilines is 1. The van der Waals surface area contributed by atoms with E-state index in [0.29, 0.717) is 11.1 Å². The Morgan fingerprint density at radius 3 is 2.77 bits per heavy atom. The van der Waals surface area contributed by atoms with Crippen molar-refractivity contribution in [3.8, 4) is 0 Å². The molecular formula is C21H25N5O4S. The van der Waals surface area contributed by atoms with Gasteiger partial charge in [0.25, 0.3) is 5.91 Å². The van der Waals surface area contributed by atoms with E-state index in [1.54, 1.807) is 54.7 Å². The second-order valence-corrected chi connectivity index (χ2v) is 8.15. The molecule has 10 heteroatoms. The van der Waals surface area contributed by atoms with E-state index in [0.717, 1.165) is 24.4 Å². The summed E-state index contributed by atoms with van der Waals surface area (Å²) in [5.74, 6) is -1.09. The van der Waals surface area contributed by atoms with Crippen molar-refractivity contribution in [2.75, 3.05) is 24.3 Å². The van der Waals surface area contributed by atoms with Gasteiger partial charge in [-0.3, -0.25) is 14.6 Å². The van der Waals surface area contributed by atoms with Gasteiger partial charge in [-0.05, 0) is 42.7 Å². The smallest absolute Gasteiger partial charge is 0.326 e. The van der Waals surface area contributed by atoms with Crippen LogP contribution in [0.2, 0.25) is 0 Å². The lowest BCUT2D eigenvalue weighted by Crippen LogP contribution is -2.46. The molecule has 0 spiro atoms. The molecule has 2 amide bonds. The molecule has 1 aliphatic rings. The molecule has 1 aromatic heterocycles. The second-order valence-electron chi connectivity index (χ2n) is 7.04. The summed E-state index contributed by atoms with van der Waals surface area (Å²) in [4.78, 5) is 40.0. The Kier molecular flexibility index (Phi) is 8.25. The lowest BCUT2D eigenvalue weighted by Gasteiger charge is -2.26. The summed E-state index contributed by atoms with van der Waals surface area (Å²) in [6, 6.07) is 9.33. The quantitative estimate of drug-likeness (QED) is 0.432. The first kappa shape index (κ1) is 22.6. The molecule has 0 saturated carbocycles. The Labute approximate surface area is 184 Å². The number of aliphatic carboxylic acids is 1. The summed E-state index contributed by atoms with van der Waals surface area (Å²) >= 11 is 1.71. The molecule has 1 unspecified atom stereocenters. The van der Waals surface area contributed by atoms with E-state index >= 15 is 0 Å². The van der Waals surface area contributed by atoms with Gasteiger partial charge in [0, 0.05) is 36.7 Å². The highest BCUT2D eigenvalue weighted by Gasteiger charge is 2.21. The normalized spacial score (nSPS) is 15.0. The molecule has 31 heavy (non-hydrogen) atoms. The standard InChI is InChI=1S/C21H25N5O4S/c27-19(24-18(21(29)30)11-15-5-4-8-22-13-15)14-23-20(28)16-6-3-7-17(12-16)25-26-9-1-2-10-31-26/h3-8,12-13,18,25H,1-2,9-11,14H2,(H,23,28)(H,24,27)(H,29,30). The topological polar surface area (TPSA) is 124 Å². The number of carboxylic acid groups (broad SMARTS) is 1. The number of carbonyl (C=O) groups is 3. The molecule has 164 valence electrons. The summed E-state index contributed by atoms with van der Waals surface area (Å²) in [7, 11) is 0. The average Bonchev–Trinajstić information content (AvgIpc) is 2.78. The lowest BCUT2D eigenvalue weighted by atomic mass is 10.1. The molecule has 1 atom stereocenters. The van der Waals surface area contributed by atoms with E-state index in [2.05, 4.69) is 21.0 Å². The SMILES string of the molecule is O=C(CNC(=O)c1cccc(NN2CCCCS2)c1)NC(Cc1cccnc1)C(=O)O. The van der Waals surface area contributed by atoms with Crippen molar-refractivity contribution in [3.05, 3.63) is 59.9 Å². The van der Waals surface area contributed by atoms with Crippen LogP contribution in [-0.4, -0.2) is 57.2 Å². The predicted molar refractivity (Wildman–Crippen MR) is 118 cm³/mol. The number of nitrogens with one attached hydrogen (secondary N) is 3. The first-order chi connectivity index (χ1) is 15.0. The third-order valence-corrected chi connectivity index (χ3v) is 5.64. The van der Waals surface area contributed by atoms with Crippen LogP contribution in [0, 0.1) is 0 Å². The lowest BCUT2D eigenvalue weighted by molar-refractivity contribution is -0.141. The van der Waals surface area contributed by atoms with Crippen LogP contribution in [0.15, 0.2) is 48.8 Å². The monoisotopic (exact) mass is 443 g/mol. The molecule has 0 bridgehead atoms. The van der Waals surface area contributed by atoms with Crippen LogP contribution >= 0.6 is 11.9 Å². The summed E-state index contributed by atoms with van der Waals surface area (Å²) in [6.45, 7) is 0.598. The molecule has 3 rings (SSSR count). The zero-order valence-electron chi connectivity index (χ0n) is 16.9. The van der Waals surface area contributed by atoms with Crippen LogP contribution in [0.4, 0.5) is 5.69 Å². The maximum Gasteiger partial charge on any atom is 0.326 e. The van der Waals surface area contributed by atoms with Crippen LogP contribution in [0.5, 0.6) is 0 Å². The van der Waals surface area contributed by atoms with Crippen molar-refractivity contribution >= 4 is 35.4 Å². The maximum absolute atomic E-state index is 12.4. The van der Waals surface area contributed by atoms with Crippen LogP contribution in [0.1, 0.15) is 28.8 Å². The number of hydrogen-bond donors (Lipinski definition) is 4. The zero-order chi connectivity index (χ0) is 22.1. The highest BCUT2D eigenvalue weighted by molar-refractivity contribution is 7.97. The average molecular weight is 444 g/mol. The summed E-state index contributed by atoms with van der Waals surface area (Å²) in [5.41, 5.74) is 5.15. The van der Waals surface area contributed by atoms with Crippen molar-refractivity contribution in [1.29, 1.82) is 0 Å². The molecule has 2 heterocycles. The number of hydrazine groups is 1. The molecular weight excluding hydrogens is 418 g/mol. The number of carboxylic acids is 1. The number of pyridine rings is 1. The van der Waals surface area contributed by atoms with E-state index in [1.807, 2.05) is 10.5 Å². The van der Waals surface area contributed by atoms with Crippen LogP contribution in [-0.2, 0) is 16.0 Å². The zero-order valence-corrected chi connectivity index (χ0v) is 17.7. The first-order valence-electron chi connectivity index (χ1n) is 9.98. The Balaban J connectivity index is 1.50. The minimum atomic E-state index is -1.15. The van der Waals surface area contributed by atoms with E-state index in [1.165, 1.54) is 6.42 Å². The van der Waals surface area contributed by atoms with Crippen LogP contribution < -0.4 is 16.1 Å². The number of rotatable bonds is 9. The Bertz CT molecular complexity index is 906. The first-order valence-corrected chi connectivity index (χ1v) is 10.9. The molecule has 0 radical (unpaired) electrons. The summed E-state index contributed by atoms with van der Waals surface area (Å²) < 4.78 is 2.04. The number of nitrogens with zero attached hydrogens (tertiary/aromatic N) is 2. The van der Waals surface area contributed by atoms with Gasteiger partial charge < -0.3 is 21.2 Å². The third-order valence-electron chi connectivity index (χ3n) is 4.59. The van der Waals surface area contributed by atoms with Gasteiger partial charge in [0.15, 0.2) is 0 Å². The van der Waals surface area contributed by atoms with Gasteiger partial charge in [-0.1, -0.05) is 24.1 Å². The van der Waals surface area contributed by atoms with Crippen molar-refractivity contribution in [2.45, 2.75) is 25.3 Å². The van der Waals surface area contributed by atoms with Gasteiger partial charge in [-0.25, -0.2) is 4.79 Å². The van der Waals surface area contributed by atoms with Gasteiger partial charge in [0.2, 0.25) is 5.91 Å². The van der Waals surface area contributed by atoms with Gasteiger partial charge in [0.1, 0.15) is 6.04 Å². The highest BCUT2D eigenvalue weighted by Crippen LogP contribution is 2.21. The van der Waals surface area contributed by atoms with Gasteiger partial charge in [0.05, 0.1) is 12.2 Å². The van der Waals surface area contributed by atoms with Crippen LogP contribution in [0.25, 0.3) is 0 Å². The number of aromatic nitrogens is 1. The van der Waals surface area contributed by atoms with E-state index < -0.39 is 23.8 Å². The van der Waals surface area contributed by atoms with Gasteiger partial charge in [-0.15, -0.1) is 0 Å². The van der Waals surface area contributed by atoms with Gasteiger partial charge in [-0.2, -0.15) is 4.41 Å². The van der Waals surface area contributed by atoms with Crippen molar-refractivity contribution < 1.29 is 19.5 Å². The molecule has 1 saturated heterocycles. The highest BCUT2D eigenvalue weighted by atomic mass is 32.2. The minimum absolute atomic E-state index is 0.102. The molecule has 2 aromatic rings. The summed E-state index contributed by atoms with van der Waals surface area (Å²) in [6.07, 6.45) is 5.55. The fourth-order valence-electron chi connectivity index (χ4n) is 3.02. The van der Waals surface area contributed by atoms with Crippen LogP contribution in [0.3, 0.4) is 0 Å². The van der Waals surface area contributed by atoms with E-state index in [9.17, 15) is 19.5 Å². The Morgan fingerprint density at radius 2 is 2.06 bits per heavy atom. The molecule has 1 fully saturated rings. The summed E-state index contributed by atoms with van der Waals surface area (Å²) in [5, 5.41) is 14.3. The van der Waals surface area contributed by atoms with E-state index in [-0.39, 0.29) is 13.0 Å². The fourth-order valence-corrected chi connectivity index (χ4v) is 4.00. The second kappa shape index (κ2) is 11.3. The van der Waals surface area contributed by atoms with Crippen molar-refractivity contribution in [3.63, 3.8) is 0 Å². The minimum Gasteiger partial charge on any atom is -0.480 e. The largest absolute Gasteiger partial charge is 0.480 e. The molecule has 0 aliphatic carbocycles. The van der Waals surface area contributed by atoms with Crippen molar-refractivity contribution in [2.24, 2.45) is 0 Å². The van der Waals surface area contributed by atoms with E-state index in [4.69, 9.17) is 0 Å².